The molecule has 4 aromatic rings. The number of aliphatic carboxylic acids is 1. The fourth-order valence-electron chi connectivity index (χ4n) is 5.42. The number of hydrogen-bond acceptors (Lipinski definition) is 13. The van der Waals surface area contributed by atoms with Gasteiger partial charge in [-0.25, -0.2) is 14.6 Å². The van der Waals surface area contributed by atoms with Crippen molar-refractivity contribution in [3.05, 3.63) is 131 Å². The van der Waals surface area contributed by atoms with E-state index in [0.717, 1.165) is 28.4 Å². The number of hydrogen-bond donors (Lipinski definition) is 5. The number of esters is 1. The number of thioether (sulfide) groups is 1. The Labute approximate surface area is 298 Å². The van der Waals surface area contributed by atoms with E-state index in [0.29, 0.717) is 16.7 Å². The second-order valence-corrected chi connectivity index (χ2v) is 13.1. The Balaban J connectivity index is 1.32. The predicted octanol–water partition coefficient (Wildman–Crippen LogP) is 3.86. The van der Waals surface area contributed by atoms with Crippen LogP contribution in [0.1, 0.15) is 34.6 Å². The lowest BCUT2D eigenvalue weighted by Gasteiger charge is -2.49. The van der Waals surface area contributed by atoms with Crippen molar-refractivity contribution in [3.63, 3.8) is 0 Å². The number of fused-ring (bicyclic) bond motifs is 1. The van der Waals surface area contributed by atoms with Gasteiger partial charge < -0.3 is 35.9 Å². The SMILES string of the molecule is C=CC1=C(C(=O)O)N2C(=O)[C@@H](NC(=O)/C(=N\O[C@H](C(=O)OC(c3ccccc3)c3ccccc3)c3ccc(O)c(O)c3)c3csc(N)n3)[C@H]2SC1. The Morgan fingerprint density at radius 3 is 2.25 bits per heavy atom. The summed E-state index contributed by atoms with van der Waals surface area (Å²) < 4.78 is 6.00. The maximum atomic E-state index is 14.0. The van der Waals surface area contributed by atoms with Crippen molar-refractivity contribution < 1.29 is 44.1 Å². The minimum Gasteiger partial charge on any atom is -0.504 e. The molecular weight excluding hydrogens is 699 g/mol. The Morgan fingerprint density at radius 1 is 1.02 bits per heavy atom. The number of amides is 2. The number of oxime groups is 1. The highest BCUT2D eigenvalue weighted by atomic mass is 32.2. The van der Waals surface area contributed by atoms with Crippen LogP contribution >= 0.6 is 23.1 Å². The number of nitrogens with one attached hydrogen (secondary N) is 1. The standard InChI is InChI=1S/C35H29N5O9S2/c1-2-18-16-50-32-26(31(44)40(32)27(18)33(45)46)38-30(43)25(22-17-51-35(36)37-22)39-49-29(21-13-14-23(41)24(42)15-21)34(47)48-28(19-9-5-3-6-10-19)20-11-7-4-8-12-20/h2-15,17,26,28-29,32,41-42H,1,16H2,(H2,36,37)(H,38,43)(H,45,46)/b39-25-/t26-,29+,32-/m1/s1. The first-order chi connectivity index (χ1) is 24.6. The summed E-state index contributed by atoms with van der Waals surface area (Å²) in [5.41, 5.74) is 6.82. The van der Waals surface area contributed by atoms with Gasteiger partial charge in [-0.15, -0.1) is 23.1 Å². The number of nitrogens with two attached hydrogens (primary N) is 1. The van der Waals surface area contributed by atoms with E-state index in [4.69, 9.17) is 15.3 Å². The van der Waals surface area contributed by atoms with Crippen LogP contribution in [-0.4, -0.2) is 71.8 Å². The number of nitrogen functional groups attached to an aromatic ring is 1. The maximum Gasteiger partial charge on any atom is 0.355 e. The summed E-state index contributed by atoms with van der Waals surface area (Å²) in [6.45, 7) is 3.63. The molecule has 1 aromatic heterocycles. The molecule has 0 bridgehead atoms. The summed E-state index contributed by atoms with van der Waals surface area (Å²) in [5.74, 6) is -4.63. The lowest BCUT2D eigenvalue weighted by molar-refractivity contribution is -0.162. The molecule has 51 heavy (non-hydrogen) atoms. The van der Waals surface area contributed by atoms with Gasteiger partial charge in [-0.3, -0.25) is 14.5 Å². The molecule has 3 aromatic carbocycles. The monoisotopic (exact) mass is 727 g/mol. The van der Waals surface area contributed by atoms with Crippen molar-refractivity contribution in [1.82, 2.24) is 15.2 Å². The van der Waals surface area contributed by atoms with E-state index >= 15 is 0 Å². The molecule has 3 heterocycles. The minimum absolute atomic E-state index is 0.0194. The van der Waals surface area contributed by atoms with Crippen molar-refractivity contribution in [2.75, 3.05) is 11.5 Å². The molecule has 1 fully saturated rings. The number of aromatic nitrogens is 1. The summed E-state index contributed by atoms with van der Waals surface area (Å²) in [5, 5.41) is 37.4. The molecular formula is C35H29N5O9S2. The topological polar surface area (TPSA) is 214 Å². The number of anilines is 1. The zero-order valence-electron chi connectivity index (χ0n) is 26.4. The first-order valence-electron chi connectivity index (χ1n) is 15.2. The van der Waals surface area contributed by atoms with Crippen molar-refractivity contribution in [2.24, 2.45) is 5.16 Å². The summed E-state index contributed by atoms with van der Waals surface area (Å²) >= 11 is 2.24. The number of ether oxygens (including phenoxy) is 1. The van der Waals surface area contributed by atoms with E-state index in [2.05, 4.69) is 22.0 Å². The molecule has 0 unspecified atom stereocenters. The van der Waals surface area contributed by atoms with Crippen LogP contribution in [0.15, 0.2) is 113 Å². The Bertz CT molecular complexity index is 2030. The molecule has 0 spiro atoms. The molecule has 1 saturated heterocycles. The molecule has 260 valence electrons. The van der Waals surface area contributed by atoms with Gasteiger partial charge >= 0.3 is 11.9 Å². The molecule has 6 N–H and O–H groups in total. The first kappa shape index (κ1) is 34.7. The van der Waals surface area contributed by atoms with Crippen LogP contribution in [0.2, 0.25) is 0 Å². The molecule has 0 aliphatic carbocycles. The third-order valence-electron chi connectivity index (χ3n) is 7.92. The van der Waals surface area contributed by atoms with Crippen LogP contribution in [-0.2, 0) is 28.8 Å². The highest BCUT2D eigenvalue weighted by Crippen LogP contribution is 2.41. The van der Waals surface area contributed by atoms with Gasteiger partial charge in [0, 0.05) is 16.7 Å². The first-order valence-corrected chi connectivity index (χ1v) is 17.1. The van der Waals surface area contributed by atoms with Crippen LogP contribution in [0, 0.1) is 0 Å². The lowest BCUT2D eigenvalue weighted by atomic mass is 10.0. The summed E-state index contributed by atoms with van der Waals surface area (Å²) in [4.78, 5) is 63.8. The van der Waals surface area contributed by atoms with E-state index in [-0.39, 0.29) is 27.8 Å². The second kappa shape index (κ2) is 14.8. The van der Waals surface area contributed by atoms with Gasteiger partial charge in [-0.2, -0.15) is 0 Å². The molecule has 3 atom stereocenters. The largest absolute Gasteiger partial charge is 0.504 e. The quantitative estimate of drug-likeness (QED) is 0.0463. The van der Waals surface area contributed by atoms with Gasteiger partial charge in [0.1, 0.15) is 22.8 Å². The molecule has 2 amide bonds. The van der Waals surface area contributed by atoms with Gasteiger partial charge in [0.05, 0.1) is 0 Å². The van der Waals surface area contributed by atoms with E-state index in [1.54, 1.807) is 48.5 Å². The van der Waals surface area contributed by atoms with Crippen molar-refractivity contribution >= 4 is 57.7 Å². The van der Waals surface area contributed by atoms with Crippen molar-refractivity contribution in [3.8, 4) is 11.5 Å². The number of carboxylic acids is 1. The molecule has 16 heteroatoms. The zero-order valence-corrected chi connectivity index (χ0v) is 28.0. The van der Waals surface area contributed by atoms with Gasteiger partial charge in [-0.1, -0.05) is 84.5 Å². The molecule has 0 saturated carbocycles. The van der Waals surface area contributed by atoms with Crippen molar-refractivity contribution in [1.29, 1.82) is 0 Å². The van der Waals surface area contributed by atoms with E-state index < -0.39 is 64.6 Å². The second-order valence-electron chi connectivity index (χ2n) is 11.1. The number of β-lactam (4-membered cyclic amide) rings is 1. The van der Waals surface area contributed by atoms with E-state index in [9.17, 15) is 34.5 Å². The van der Waals surface area contributed by atoms with Crippen molar-refractivity contribution in [2.45, 2.75) is 23.6 Å². The normalized spacial score (nSPS) is 17.6. The van der Waals surface area contributed by atoms with Gasteiger partial charge in [0.2, 0.25) is 6.10 Å². The number of carbonyl (C=O) groups excluding carboxylic acids is 3. The number of carbonyl (C=O) groups is 4. The smallest absolute Gasteiger partial charge is 0.355 e. The third kappa shape index (κ3) is 7.13. The molecule has 14 nitrogen and oxygen atoms in total. The highest BCUT2D eigenvalue weighted by molar-refractivity contribution is 8.00. The van der Waals surface area contributed by atoms with E-state index in [1.165, 1.54) is 29.3 Å². The van der Waals surface area contributed by atoms with Gasteiger partial charge in [0.25, 0.3) is 11.8 Å². The zero-order chi connectivity index (χ0) is 36.2. The minimum atomic E-state index is -1.69. The molecule has 2 aliphatic heterocycles. The van der Waals surface area contributed by atoms with Crippen LogP contribution in [0.25, 0.3) is 0 Å². The van der Waals surface area contributed by atoms with Gasteiger partial charge in [-0.05, 0) is 28.8 Å². The fraction of sp³-hybridized carbons (Fsp3) is 0.143. The average molecular weight is 728 g/mol. The van der Waals surface area contributed by atoms with Crippen LogP contribution in [0.4, 0.5) is 5.13 Å². The number of phenols is 2. The van der Waals surface area contributed by atoms with E-state index in [1.807, 2.05) is 12.1 Å². The number of rotatable bonds is 12. The van der Waals surface area contributed by atoms with Crippen LogP contribution in [0.5, 0.6) is 11.5 Å². The number of nitrogens with zero attached hydrogens (tertiary/aromatic N) is 3. The number of thiazole rings is 1. The number of benzene rings is 3. The number of carboxylic acid groups (broad SMARTS) is 1. The summed E-state index contributed by atoms with van der Waals surface area (Å²) in [6, 6.07) is 20.3. The number of allylic oxidation sites excluding steroid dienone is 1. The number of aromatic hydroxyl groups is 2. The highest BCUT2D eigenvalue weighted by Gasteiger charge is 2.54. The lowest BCUT2D eigenvalue weighted by Crippen LogP contribution is -2.71. The predicted molar refractivity (Wildman–Crippen MR) is 187 cm³/mol. The molecule has 2 aliphatic rings. The Morgan fingerprint density at radius 2 is 1.69 bits per heavy atom. The third-order valence-corrected chi connectivity index (χ3v) is 9.89. The number of phenolic OH excluding ortho intramolecular Hbond substituents is 2. The fourth-order valence-corrected chi connectivity index (χ4v) is 7.31. The average Bonchev–Trinajstić information content (AvgIpc) is 3.57. The molecule has 6 rings (SSSR count). The van der Waals surface area contributed by atoms with Crippen LogP contribution in [0.3, 0.4) is 0 Å². The summed E-state index contributed by atoms with van der Waals surface area (Å²) in [6.07, 6.45) is -1.22. The maximum absolute atomic E-state index is 14.0. The Kier molecular flexibility index (Phi) is 10.1. The van der Waals surface area contributed by atoms with Crippen LogP contribution < -0.4 is 11.1 Å². The van der Waals surface area contributed by atoms with Gasteiger partial charge in [0.15, 0.2) is 28.4 Å². The molecule has 0 radical (unpaired) electrons. The Hall–Kier alpha value is -6.13. The summed E-state index contributed by atoms with van der Waals surface area (Å²) in [7, 11) is 0.